The first kappa shape index (κ1) is 33.3. The topological polar surface area (TPSA) is 125 Å². The number of hydrogen-bond donors (Lipinski definition) is 0. The molecule has 6 aromatic heterocycles. The van der Waals surface area contributed by atoms with Crippen molar-refractivity contribution in [1.29, 1.82) is 0 Å². The van der Waals surface area contributed by atoms with Gasteiger partial charge in [-0.05, 0) is 118 Å². The average molecular weight is 753 g/mol. The Morgan fingerprint density at radius 2 is 1.03 bits per heavy atom. The Bertz CT molecular complexity index is 3590. The van der Waals surface area contributed by atoms with E-state index in [2.05, 4.69) is 34.2 Å². The SMILES string of the molecule is Cc1c(-c2ccc(-c3cccc(-c4cccc(-c5cnc(-c6cc7cc8cc9ccccc9cc8cc7oc6=O)cn5)n4)n3)o2)c(=O)oc2ccc3ccccc3c12. The smallest absolute Gasteiger partial charge is 0.347 e. The molecule has 0 unspecified atom stereocenters. The number of furan rings is 1. The molecule has 0 radical (unpaired) electrons. The first-order valence-corrected chi connectivity index (χ1v) is 18.7. The van der Waals surface area contributed by atoms with Crippen LogP contribution >= 0.6 is 0 Å². The Morgan fingerprint density at radius 1 is 0.431 bits per heavy atom. The summed E-state index contributed by atoms with van der Waals surface area (Å²) < 4.78 is 17.9. The minimum Gasteiger partial charge on any atom is -0.454 e. The van der Waals surface area contributed by atoms with E-state index in [-0.39, 0.29) is 0 Å². The monoisotopic (exact) mass is 752 g/mol. The molecule has 5 aromatic carbocycles. The molecule has 0 bridgehead atoms. The van der Waals surface area contributed by atoms with E-state index in [1.165, 1.54) is 0 Å². The third-order valence-electron chi connectivity index (χ3n) is 10.7. The van der Waals surface area contributed by atoms with Crippen LogP contribution in [0.5, 0.6) is 0 Å². The van der Waals surface area contributed by atoms with Crippen molar-refractivity contribution in [2.75, 3.05) is 0 Å². The molecule has 0 atom stereocenters. The molecule has 6 heterocycles. The highest BCUT2D eigenvalue weighted by atomic mass is 16.4. The van der Waals surface area contributed by atoms with Crippen LogP contribution < -0.4 is 11.3 Å². The van der Waals surface area contributed by atoms with Gasteiger partial charge < -0.3 is 13.3 Å². The van der Waals surface area contributed by atoms with Gasteiger partial charge in [0.25, 0.3) is 0 Å². The second kappa shape index (κ2) is 13.0. The first-order chi connectivity index (χ1) is 28.4. The summed E-state index contributed by atoms with van der Waals surface area (Å²) >= 11 is 0. The standard InChI is InChI=1S/C49H28N4O5/c1-27-46-34-11-5-4-8-28(34)16-17-43(46)57-49(55)47(27)44-19-18-42(56-44)39-15-7-13-37(53-39)36-12-6-14-38(52-36)41-26-50-40(25-51-41)35-23-33-22-31-20-29-9-2-3-10-30(29)21-32(31)24-45(33)58-48(35)54/h2-26H,1H3. The van der Waals surface area contributed by atoms with Crippen LogP contribution in [0, 0.1) is 6.92 Å². The molecule has 0 N–H and O–H groups in total. The maximum atomic E-state index is 13.3. The molecule has 0 aliphatic carbocycles. The quantitative estimate of drug-likeness (QED) is 0.0959. The van der Waals surface area contributed by atoms with Crippen LogP contribution in [0.4, 0.5) is 0 Å². The molecule has 9 heteroatoms. The van der Waals surface area contributed by atoms with Crippen LogP contribution in [0.1, 0.15) is 5.56 Å². The van der Waals surface area contributed by atoms with Gasteiger partial charge in [0.1, 0.15) is 33.9 Å². The van der Waals surface area contributed by atoms with Crippen molar-refractivity contribution >= 4 is 54.3 Å². The van der Waals surface area contributed by atoms with Gasteiger partial charge in [-0.15, -0.1) is 0 Å². The molecule has 58 heavy (non-hydrogen) atoms. The maximum Gasteiger partial charge on any atom is 0.347 e. The van der Waals surface area contributed by atoms with Gasteiger partial charge in [-0.3, -0.25) is 9.97 Å². The van der Waals surface area contributed by atoms with Gasteiger partial charge in [-0.1, -0.05) is 66.7 Å². The van der Waals surface area contributed by atoms with Gasteiger partial charge in [0.2, 0.25) is 0 Å². The number of pyridine rings is 2. The Kier molecular flexibility index (Phi) is 7.48. The summed E-state index contributed by atoms with van der Waals surface area (Å²) in [7, 11) is 0. The van der Waals surface area contributed by atoms with E-state index in [0.29, 0.717) is 68.0 Å². The summed E-state index contributed by atoms with van der Waals surface area (Å²) in [5, 5.41) is 8.02. The Morgan fingerprint density at radius 3 is 1.79 bits per heavy atom. The van der Waals surface area contributed by atoms with E-state index >= 15 is 0 Å². The van der Waals surface area contributed by atoms with Gasteiger partial charge in [-0.25, -0.2) is 19.6 Å². The summed E-state index contributed by atoms with van der Waals surface area (Å²) in [6.07, 6.45) is 3.16. The van der Waals surface area contributed by atoms with Crippen molar-refractivity contribution in [2.45, 2.75) is 6.92 Å². The van der Waals surface area contributed by atoms with Gasteiger partial charge in [0.15, 0.2) is 5.76 Å². The number of benzene rings is 5. The van der Waals surface area contributed by atoms with Crippen LogP contribution in [0.15, 0.2) is 175 Å². The summed E-state index contributed by atoms with van der Waals surface area (Å²) in [5.74, 6) is 0.889. The third-order valence-corrected chi connectivity index (χ3v) is 10.7. The summed E-state index contributed by atoms with van der Waals surface area (Å²) in [4.78, 5) is 45.4. The zero-order valence-corrected chi connectivity index (χ0v) is 30.8. The number of hydrogen-bond acceptors (Lipinski definition) is 9. The van der Waals surface area contributed by atoms with Gasteiger partial charge in [-0.2, -0.15) is 0 Å². The lowest BCUT2D eigenvalue weighted by atomic mass is 9.99. The summed E-state index contributed by atoms with van der Waals surface area (Å²) in [6, 6.07) is 44.7. The highest BCUT2D eigenvalue weighted by Crippen LogP contribution is 2.35. The number of fused-ring (bicyclic) bond motifs is 6. The Balaban J connectivity index is 0.886. The fourth-order valence-corrected chi connectivity index (χ4v) is 7.82. The largest absolute Gasteiger partial charge is 0.454 e. The molecule has 0 amide bonds. The van der Waals surface area contributed by atoms with Crippen LogP contribution in [0.25, 0.3) is 111 Å². The molecule has 0 fully saturated rings. The second-order valence-corrected chi connectivity index (χ2v) is 14.2. The predicted molar refractivity (Wildman–Crippen MR) is 226 cm³/mol. The van der Waals surface area contributed by atoms with Crippen molar-refractivity contribution in [3.63, 3.8) is 0 Å². The third kappa shape index (κ3) is 5.56. The fourth-order valence-electron chi connectivity index (χ4n) is 7.82. The number of rotatable bonds is 5. The average Bonchev–Trinajstić information content (AvgIpc) is 3.74. The van der Waals surface area contributed by atoms with E-state index in [1.807, 2.05) is 104 Å². The minimum absolute atomic E-state index is 0.320. The molecule has 9 nitrogen and oxygen atoms in total. The Labute approximate surface area is 328 Å². The van der Waals surface area contributed by atoms with Gasteiger partial charge in [0.05, 0.1) is 40.7 Å². The zero-order valence-electron chi connectivity index (χ0n) is 30.8. The van der Waals surface area contributed by atoms with Crippen LogP contribution in [0.3, 0.4) is 0 Å². The number of aryl methyl sites for hydroxylation is 1. The van der Waals surface area contributed by atoms with E-state index < -0.39 is 11.3 Å². The van der Waals surface area contributed by atoms with Crippen LogP contribution in [0.2, 0.25) is 0 Å². The number of nitrogens with zero attached hydrogens (tertiary/aromatic N) is 4. The molecule has 11 aromatic rings. The maximum absolute atomic E-state index is 13.3. The van der Waals surface area contributed by atoms with Crippen LogP contribution in [-0.2, 0) is 0 Å². The second-order valence-electron chi connectivity index (χ2n) is 14.2. The van der Waals surface area contributed by atoms with Crippen molar-refractivity contribution < 1.29 is 13.3 Å². The molecule has 0 aliphatic heterocycles. The normalized spacial score (nSPS) is 11.7. The molecule has 11 rings (SSSR count). The van der Waals surface area contributed by atoms with Gasteiger partial charge in [0, 0.05) is 10.8 Å². The lowest BCUT2D eigenvalue weighted by Gasteiger charge is -2.09. The first-order valence-electron chi connectivity index (χ1n) is 18.7. The van der Waals surface area contributed by atoms with Crippen molar-refractivity contribution in [3.8, 4) is 56.8 Å². The lowest BCUT2D eigenvalue weighted by Crippen LogP contribution is -2.05. The molecule has 0 spiro atoms. The summed E-state index contributed by atoms with van der Waals surface area (Å²) in [5.41, 5.74) is 4.86. The summed E-state index contributed by atoms with van der Waals surface area (Å²) in [6.45, 7) is 1.92. The van der Waals surface area contributed by atoms with E-state index in [4.69, 9.17) is 23.2 Å². The van der Waals surface area contributed by atoms with Gasteiger partial charge >= 0.3 is 11.3 Å². The highest BCUT2D eigenvalue weighted by Gasteiger charge is 2.20. The lowest BCUT2D eigenvalue weighted by molar-refractivity contribution is 0.550. The van der Waals surface area contributed by atoms with E-state index in [0.717, 1.165) is 48.7 Å². The molecule has 0 saturated carbocycles. The Hall–Kier alpha value is -8.04. The molecular formula is C49H28N4O5. The predicted octanol–water partition coefficient (Wildman–Crippen LogP) is 11.2. The molecule has 274 valence electrons. The van der Waals surface area contributed by atoms with Crippen molar-refractivity contribution in [1.82, 2.24) is 19.9 Å². The van der Waals surface area contributed by atoms with Crippen molar-refractivity contribution in [3.05, 3.63) is 178 Å². The zero-order chi connectivity index (χ0) is 38.9. The fraction of sp³-hybridized carbons (Fsp3) is 0.0204. The minimum atomic E-state index is -0.492. The van der Waals surface area contributed by atoms with Crippen LogP contribution in [-0.4, -0.2) is 19.9 Å². The molecule has 0 aliphatic rings. The highest BCUT2D eigenvalue weighted by molar-refractivity contribution is 6.08. The molecule has 0 saturated heterocycles. The van der Waals surface area contributed by atoms with E-state index in [9.17, 15) is 9.59 Å². The van der Waals surface area contributed by atoms with Crippen molar-refractivity contribution in [2.24, 2.45) is 0 Å². The number of aromatic nitrogens is 4. The van der Waals surface area contributed by atoms with E-state index in [1.54, 1.807) is 30.6 Å². The molecular weight excluding hydrogens is 725 g/mol.